The minimum Gasteiger partial charge on any atom is -0.441 e. The number of aryl methyl sites for hydroxylation is 2. The molecule has 0 radical (unpaired) electrons. The maximum Gasteiger partial charge on any atom is 0.221 e. The zero-order chi connectivity index (χ0) is 19.2. The second kappa shape index (κ2) is 8.67. The first-order chi connectivity index (χ1) is 13.0. The highest BCUT2D eigenvalue weighted by molar-refractivity contribution is 5.76. The van der Waals surface area contributed by atoms with Crippen LogP contribution in [0.15, 0.2) is 65.2 Å². The van der Waals surface area contributed by atoms with Gasteiger partial charge in [0, 0.05) is 18.4 Å². The molecule has 3 aromatic rings. The van der Waals surface area contributed by atoms with Gasteiger partial charge in [-0.25, -0.2) is 4.98 Å². The molecule has 140 valence electrons. The molecule has 0 fully saturated rings. The quantitative estimate of drug-likeness (QED) is 0.636. The van der Waals surface area contributed by atoms with Gasteiger partial charge < -0.3 is 9.73 Å². The molecular weight excluding hydrogens is 336 g/mol. The van der Waals surface area contributed by atoms with Crippen molar-refractivity contribution >= 4 is 5.91 Å². The Bertz CT molecular complexity index is 867. The lowest BCUT2D eigenvalue weighted by Gasteiger charge is -2.22. The number of nitrogens with zero attached hydrogens (tertiary/aromatic N) is 1. The standard InChI is InChI=1S/C23H26N2O2/c1-16(2)23(19-7-5-4-6-8-19)25-21(26)13-14-22-24-15-20(27-22)18-11-9-17(3)10-12-18/h4-12,15-16,23H,13-14H2,1-3H3,(H,25,26). The summed E-state index contributed by atoms with van der Waals surface area (Å²) in [4.78, 5) is 16.8. The molecule has 0 saturated carbocycles. The Labute approximate surface area is 160 Å². The molecule has 0 bridgehead atoms. The van der Waals surface area contributed by atoms with Crippen LogP contribution in [0.4, 0.5) is 0 Å². The lowest BCUT2D eigenvalue weighted by Crippen LogP contribution is -2.31. The molecule has 0 aliphatic carbocycles. The SMILES string of the molecule is Cc1ccc(-c2cnc(CCC(=O)NC(c3ccccc3)C(C)C)o2)cc1. The highest BCUT2D eigenvalue weighted by Gasteiger charge is 2.18. The largest absolute Gasteiger partial charge is 0.441 e. The van der Waals surface area contributed by atoms with Crippen LogP contribution in [0.5, 0.6) is 0 Å². The molecule has 2 aromatic carbocycles. The predicted molar refractivity (Wildman–Crippen MR) is 107 cm³/mol. The third-order valence-electron chi connectivity index (χ3n) is 4.60. The molecule has 27 heavy (non-hydrogen) atoms. The summed E-state index contributed by atoms with van der Waals surface area (Å²) in [6.45, 7) is 6.27. The number of amides is 1. The van der Waals surface area contributed by atoms with Crippen LogP contribution in [-0.4, -0.2) is 10.9 Å². The van der Waals surface area contributed by atoms with Crippen LogP contribution in [0.2, 0.25) is 0 Å². The summed E-state index contributed by atoms with van der Waals surface area (Å²) < 4.78 is 5.81. The van der Waals surface area contributed by atoms with Crippen LogP contribution in [0.3, 0.4) is 0 Å². The fourth-order valence-electron chi connectivity index (χ4n) is 3.04. The van der Waals surface area contributed by atoms with Gasteiger partial charge in [0.2, 0.25) is 5.91 Å². The van der Waals surface area contributed by atoms with Crippen molar-refractivity contribution in [1.29, 1.82) is 0 Å². The average molecular weight is 362 g/mol. The van der Waals surface area contributed by atoms with Crippen molar-refractivity contribution in [3.8, 4) is 11.3 Å². The van der Waals surface area contributed by atoms with Gasteiger partial charge in [-0.15, -0.1) is 0 Å². The highest BCUT2D eigenvalue weighted by Crippen LogP contribution is 2.23. The molecule has 1 N–H and O–H groups in total. The smallest absolute Gasteiger partial charge is 0.221 e. The first kappa shape index (κ1) is 18.9. The minimum absolute atomic E-state index is 0.00591. The maximum absolute atomic E-state index is 12.4. The van der Waals surface area contributed by atoms with Crippen molar-refractivity contribution < 1.29 is 9.21 Å². The summed E-state index contributed by atoms with van der Waals surface area (Å²) in [5, 5.41) is 3.14. The highest BCUT2D eigenvalue weighted by atomic mass is 16.4. The zero-order valence-corrected chi connectivity index (χ0v) is 16.1. The Morgan fingerprint density at radius 2 is 1.78 bits per heavy atom. The number of oxazole rings is 1. The maximum atomic E-state index is 12.4. The van der Waals surface area contributed by atoms with Crippen molar-refractivity contribution in [2.24, 2.45) is 5.92 Å². The molecule has 1 amide bonds. The summed E-state index contributed by atoms with van der Waals surface area (Å²) in [5.41, 5.74) is 3.32. The first-order valence-corrected chi connectivity index (χ1v) is 9.39. The molecule has 1 heterocycles. The predicted octanol–water partition coefficient (Wildman–Crippen LogP) is 5.10. The fraction of sp³-hybridized carbons (Fsp3) is 0.304. The number of carbonyl (C=O) groups excluding carboxylic acids is 1. The van der Waals surface area contributed by atoms with Gasteiger partial charge in [-0.3, -0.25) is 4.79 Å². The van der Waals surface area contributed by atoms with E-state index in [9.17, 15) is 4.79 Å². The van der Waals surface area contributed by atoms with Crippen molar-refractivity contribution in [2.45, 2.75) is 39.7 Å². The molecule has 1 aromatic heterocycles. The van der Waals surface area contributed by atoms with E-state index in [4.69, 9.17) is 4.42 Å². The van der Waals surface area contributed by atoms with Crippen LogP contribution in [-0.2, 0) is 11.2 Å². The Morgan fingerprint density at radius 3 is 2.44 bits per heavy atom. The summed E-state index contributed by atoms with van der Waals surface area (Å²) in [7, 11) is 0. The molecule has 0 spiro atoms. The van der Waals surface area contributed by atoms with Gasteiger partial charge in [0.05, 0.1) is 12.2 Å². The minimum atomic E-state index is 0.00591. The van der Waals surface area contributed by atoms with Gasteiger partial charge in [0.15, 0.2) is 11.7 Å². The summed E-state index contributed by atoms with van der Waals surface area (Å²) >= 11 is 0. The summed E-state index contributed by atoms with van der Waals surface area (Å²) in [6.07, 6.45) is 2.56. The molecule has 4 heteroatoms. The van der Waals surface area contributed by atoms with Crippen LogP contribution >= 0.6 is 0 Å². The van der Waals surface area contributed by atoms with E-state index in [1.165, 1.54) is 5.56 Å². The van der Waals surface area contributed by atoms with Crippen LogP contribution in [0.25, 0.3) is 11.3 Å². The number of benzene rings is 2. The summed E-state index contributed by atoms with van der Waals surface area (Å²) in [5.74, 6) is 1.63. The first-order valence-electron chi connectivity index (χ1n) is 9.39. The van der Waals surface area contributed by atoms with Crippen LogP contribution < -0.4 is 5.32 Å². The van der Waals surface area contributed by atoms with Gasteiger partial charge in [-0.05, 0) is 18.4 Å². The molecule has 0 saturated heterocycles. The number of aromatic nitrogens is 1. The van der Waals surface area contributed by atoms with Gasteiger partial charge in [-0.1, -0.05) is 74.0 Å². The van der Waals surface area contributed by atoms with Crippen LogP contribution in [0, 0.1) is 12.8 Å². The van der Waals surface area contributed by atoms with Crippen molar-refractivity contribution in [3.05, 3.63) is 77.8 Å². The third kappa shape index (κ3) is 5.07. The van der Waals surface area contributed by atoms with Gasteiger partial charge in [-0.2, -0.15) is 0 Å². The Balaban J connectivity index is 1.58. The van der Waals surface area contributed by atoms with E-state index in [2.05, 4.69) is 24.1 Å². The lowest BCUT2D eigenvalue weighted by atomic mass is 9.96. The third-order valence-corrected chi connectivity index (χ3v) is 4.60. The summed E-state index contributed by atoms with van der Waals surface area (Å²) in [6, 6.07) is 18.2. The fourth-order valence-corrected chi connectivity index (χ4v) is 3.04. The van der Waals surface area contributed by atoms with Crippen molar-refractivity contribution in [1.82, 2.24) is 10.3 Å². The molecule has 1 atom stereocenters. The van der Waals surface area contributed by atoms with Gasteiger partial charge >= 0.3 is 0 Å². The van der Waals surface area contributed by atoms with E-state index in [0.717, 1.165) is 16.9 Å². The molecule has 3 rings (SSSR count). The number of carbonyl (C=O) groups is 1. The molecule has 4 nitrogen and oxygen atoms in total. The van der Waals surface area contributed by atoms with E-state index >= 15 is 0 Å². The molecule has 0 aliphatic heterocycles. The van der Waals surface area contributed by atoms with Crippen molar-refractivity contribution in [3.63, 3.8) is 0 Å². The topological polar surface area (TPSA) is 55.1 Å². The Hall–Kier alpha value is -2.88. The second-order valence-electron chi connectivity index (χ2n) is 7.18. The van der Waals surface area contributed by atoms with Gasteiger partial charge in [0.1, 0.15) is 0 Å². The number of hydrogen-bond donors (Lipinski definition) is 1. The lowest BCUT2D eigenvalue weighted by molar-refractivity contribution is -0.122. The van der Waals surface area contributed by atoms with E-state index < -0.39 is 0 Å². The normalized spacial score (nSPS) is 12.1. The van der Waals surface area contributed by atoms with Crippen LogP contribution in [0.1, 0.15) is 43.3 Å². The number of hydrogen-bond acceptors (Lipinski definition) is 3. The van der Waals surface area contributed by atoms with Gasteiger partial charge in [0.25, 0.3) is 0 Å². The van der Waals surface area contributed by atoms with E-state index in [0.29, 0.717) is 24.7 Å². The van der Waals surface area contributed by atoms with Crippen molar-refractivity contribution in [2.75, 3.05) is 0 Å². The van der Waals surface area contributed by atoms with E-state index in [1.54, 1.807) is 6.20 Å². The molecule has 0 aliphatic rings. The number of rotatable bonds is 7. The Morgan fingerprint density at radius 1 is 1.07 bits per heavy atom. The molecule has 1 unspecified atom stereocenters. The monoisotopic (exact) mass is 362 g/mol. The zero-order valence-electron chi connectivity index (χ0n) is 16.1. The Kier molecular flexibility index (Phi) is 6.07. The van der Waals surface area contributed by atoms with E-state index in [1.807, 2.05) is 61.5 Å². The number of nitrogens with one attached hydrogen (secondary N) is 1. The molecular formula is C23H26N2O2. The van der Waals surface area contributed by atoms with E-state index in [-0.39, 0.29) is 11.9 Å². The second-order valence-corrected chi connectivity index (χ2v) is 7.18. The average Bonchev–Trinajstić information content (AvgIpc) is 3.14.